The van der Waals surface area contributed by atoms with Gasteiger partial charge in [-0.2, -0.15) is 5.06 Å². The lowest BCUT2D eigenvalue weighted by Crippen LogP contribution is -2.51. The summed E-state index contributed by atoms with van der Waals surface area (Å²) in [6.45, 7) is 6.77. The molecule has 2 bridgehead atoms. The van der Waals surface area contributed by atoms with Gasteiger partial charge in [-0.1, -0.05) is 51.5 Å². The zero-order valence-electron chi connectivity index (χ0n) is 18.0. The van der Waals surface area contributed by atoms with Crippen LogP contribution in [0.1, 0.15) is 58.4 Å². The largest absolute Gasteiger partial charge is 0.497 e. The molecule has 2 aliphatic heterocycles. The lowest BCUT2D eigenvalue weighted by atomic mass is 9.64. The SMILES string of the molecule is COc1ccc(C(C)(C)[C@@H]2CC[C@@H](C)C[C@H]2OC(=O)N2O[C@H]3C=C[C@@H]2CC3)cc1. The quantitative estimate of drug-likeness (QED) is 0.649. The number of hydrogen-bond donors (Lipinski definition) is 0. The Balaban J connectivity index is 1.51. The Morgan fingerprint density at radius 3 is 2.45 bits per heavy atom. The van der Waals surface area contributed by atoms with Gasteiger partial charge in [0, 0.05) is 5.92 Å². The van der Waals surface area contributed by atoms with Crippen molar-refractivity contribution in [3.8, 4) is 5.75 Å². The standard InChI is InChI=1S/C24H33NO4/c1-16-5-14-21(24(2,3)17-6-10-19(27-4)11-7-17)22(15-16)28-23(26)25-18-8-12-20(29-25)13-9-18/h6-8,10-12,16,18,20-22H,5,9,13-15H2,1-4H3/t16-,18-,20+,21-,22-/m1/s1. The molecule has 0 spiro atoms. The molecule has 5 heteroatoms. The van der Waals surface area contributed by atoms with Crippen LogP contribution in [-0.4, -0.2) is 36.5 Å². The van der Waals surface area contributed by atoms with Crippen LogP contribution in [0.15, 0.2) is 36.4 Å². The summed E-state index contributed by atoms with van der Waals surface area (Å²) in [5.74, 6) is 1.66. The predicted molar refractivity (Wildman–Crippen MR) is 112 cm³/mol. The molecule has 29 heavy (non-hydrogen) atoms. The molecule has 1 amide bonds. The Kier molecular flexibility index (Phi) is 5.60. The van der Waals surface area contributed by atoms with Crippen LogP contribution in [0.3, 0.4) is 0 Å². The van der Waals surface area contributed by atoms with Crippen LogP contribution < -0.4 is 4.74 Å². The van der Waals surface area contributed by atoms with Gasteiger partial charge in [0.2, 0.25) is 0 Å². The third kappa shape index (κ3) is 4.02. The van der Waals surface area contributed by atoms with E-state index in [2.05, 4.69) is 45.1 Å². The van der Waals surface area contributed by atoms with E-state index < -0.39 is 0 Å². The van der Waals surface area contributed by atoms with Crippen LogP contribution in [0.5, 0.6) is 5.75 Å². The van der Waals surface area contributed by atoms with E-state index in [0.717, 1.165) is 37.9 Å². The Labute approximate surface area is 174 Å². The van der Waals surface area contributed by atoms with Crippen molar-refractivity contribution in [1.82, 2.24) is 5.06 Å². The molecule has 2 aliphatic carbocycles. The first-order valence-corrected chi connectivity index (χ1v) is 10.9. The summed E-state index contributed by atoms with van der Waals surface area (Å²) >= 11 is 0. The van der Waals surface area contributed by atoms with Crippen molar-refractivity contribution in [2.24, 2.45) is 11.8 Å². The number of ether oxygens (including phenoxy) is 2. The molecule has 0 N–H and O–H groups in total. The Morgan fingerprint density at radius 1 is 1.10 bits per heavy atom. The van der Waals surface area contributed by atoms with E-state index in [1.807, 2.05) is 12.1 Å². The van der Waals surface area contributed by atoms with Gasteiger partial charge in [0.15, 0.2) is 0 Å². The summed E-state index contributed by atoms with van der Waals surface area (Å²) in [5.41, 5.74) is 1.13. The van der Waals surface area contributed by atoms with Crippen LogP contribution in [0.2, 0.25) is 0 Å². The van der Waals surface area contributed by atoms with Crippen molar-refractivity contribution in [3.05, 3.63) is 42.0 Å². The van der Waals surface area contributed by atoms with Crippen molar-refractivity contribution in [2.45, 2.75) is 76.5 Å². The number of benzene rings is 1. The molecule has 2 heterocycles. The Bertz CT molecular complexity index is 757. The second-order valence-electron chi connectivity index (χ2n) is 9.40. The highest BCUT2D eigenvalue weighted by Gasteiger charge is 2.44. The number of fused-ring (bicyclic) bond motifs is 2. The van der Waals surface area contributed by atoms with E-state index >= 15 is 0 Å². The van der Waals surface area contributed by atoms with E-state index in [-0.39, 0.29) is 35.7 Å². The minimum absolute atomic E-state index is 0.00145. The van der Waals surface area contributed by atoms with Gasteiger partial charge >= 0.3 is 6.09 Å². The van der Waals surface area contributed by atoms with Crippen LogP contribution in [-0.2, 0) is 15.0 Å². The van der Waals surface area contributed by atoms with E-state index in [1.165, 1.54) is 10.6 Å². The van der Waals surface area contributed by atoms with Gasteiger partial charge in [-0.25, -0.2) is 4.79 Å². The number of carbonyl (C=O) groups is 1. The maximum atomic E-state index is 13.0. The molecular weight excluding hydrogens is 366 g/mol. The summed E-state index contributed by atoms with van der Waals surface area (Å²) in [5, 5.41) is 1.46. The van der Waals surface area contributed by atoms with Crippen molar-refractivity contribution in [2.75, 3.05) is 7.11 Å². The molecule has 0 radical (unpaired) electrons. The average Bonchev–Trinajstić information content (AvgIpc) is 2.74. The third-order valence-corrected chi connectivity index (χ3v) is 7.09. The van der Waals surface area contributed by atoms with Gasteiger partial charge in [0.25, 0.3) is 0 Å². The fraction of sp³-hybridized carbons (Fsp3) is 0.625. The summed E-state index contributed by atoms with van der Waals surface area (Å²) < 4.78 is 11.4. The number of nitrogens with zero attached hydrogens (tertiary/aromatic N) is 1. The molecule has 0 unspecified atom stereocenters. The molecule has 1 saturated heterocycles. The number of rotatable bonds is 4. The predicted octanol–water partition coefficient (Wildman–Crippen LogP) is 5.25. The van der Waals surface area contributed by atoms with E-state index in [4.69, 9.17) is 14.3 Å². The van der Waals surface area contributed by atoms with Gasteiger partial charge in [-0.05, 0) is 54.7 Å². The van der Waals surface area contributed by atoms with Gasteiger partial charge in [-0.15, -0.1) is 0 Å². The second-order valence-corrected chi connectivity index (χ2v) is 9.40. The summed E-state index contributed by atoms with van der Waals surface area (Å²) in [6.07, 6.45) is 8.69. The van der Waals surface area contributed by atoms with Crippen molar-refractivity contribution >= 4 is 6.09 Å². The average molecular weight is 400 g/mol. The molecule has 5 rings (SSSR count). The number of methoxy groups -OCH3 is 1. The molecule has 4 aliphatic rings. The number of carbonyl (C=O) groups excluding carboxylic acids is 1. The van der Waals surface area contributed by atoms with Crippen molar-refractivity contribution in [1.29, 1.82) is 0 Å². The van der Waals surface area contributed by atoms with Crippen LogP contribution >= 0.6 is 0 Å². The lowest BCUT2D eigenvalue weighted by Gasteiger charge is -2.45. The molecule has 1 aromatic rings. The van der Waals surface area contributed by atoms with Crippen molar-refractivity contribution in [3.63, 3.8) is 0 Å². The minimum Gasteiger partial charge on any atom is -0.497 e. The Hall–Kier alpha value is -2.01. The molecule has 2 fully saturated rings. The molecule has 5 nitrogen and oxygen atoms in total. The highest BCUT2D eigenvalue weighted by molar-refractivity contribution is 5.67. The molecule has 5 atom stereocenters. The van der Waals surface area contributed by atoms with Crippen LogP contribution in [0.4, 0.5) is 4.79 Å². The number of hydroxylamine groups is 2. The first kappa shape index (κ1) is 20.3. The molecule has 158 valence electrons. The molecule has 1 saturated carbocycles. The smallest absolute Gasteiger partial charge is 0.434 e. The number of hydrogen-bond acceptors (Lipinski definition) is 4. The highest BCUT2D eigenvalue weighted by atomic mass is 16.7. The molecular formula is C24H33NO4. The summed E-state index contributed by atoms with van der Waals surface area (Å²) in [4.78, 5) is 18.8. The first-order chi connectivity index (χ1) is 13.9. The monoisotopic (exact) mass is 399 g/mol. The third-order valence-electron chi connectivity index (χ3n) is 7.09. The van der Waals surface area contributed by atoms with Crippen LogP contribution in [0.25, 0.3) is 0 Å². The zero-order chi connectivity index (χ0) is 20.6. The van der Waals surface area contributed by atoms with E-state index in [1.54, 1.807) is 7.11 Å². The first-order valence-electron chi connectivity index (χ1n) is 10.9. The fourth-order valence-electron chi connectivity index (χ4n) is 5.17. The summed E-state index contributed by atoms with van der Waals surface area (Å²) in [7, 11) is 1.68. The molecule has 0 aromatic heterocycles. The fourth-order valence-corrected chi connectivity index (χ4v) is 5.17. The second kappa shape index (κ2) is 8.02. The van der Waals surface area contributed by atoms with Crippen molar-refractivity contribution < 1.29 is 19.1 Å². The minimum atomic E-state index is -0.335. The normalized spacial score (nSPS) is 31.6. The Morgan fingerprint density at radius 2 is 1.86 bits per heavy atom. The highest BCUT2D eigenvalue weighted by Crippen LogP contribution is 2.44. The van der Waals surface area contributed by atoms with Gasteiger partial charge in [-0.3, -0.25) is 4.84 Å². The zero-order valence-corrected chi connectivity index (χ0v) is 18.0. The maximum absolute atomic E-state index is 13.0. The van der Waals surface area contributed by atoms with Gasteiger partial charge in [0.1, 0.15) is 18.0 Å². The molecule has 1 aromatic carbocycles. The topological polar surface area (TPSA) is 48.0 Å². The summed E-state index contributed by atoms with van der Waals surface area (Å²) in [6, 6.07) is 8.28. The number of amides is 1. The maximum Gasteiger partial charge on any atom is 0.434 e. The van der Waals surface area contributed by atoms with E-state index in [9.17, 15) is 4.79 Å². The lowest BCUT2D eigenvalue weighted by molar-refractivity contribution is -0.214. The van der Waals surface area contributed by atoms with Gasteiger partial charge in [0.05, 0.1) is 13.2 Å². The van der Waals surface area contributed by atoms with Gasteiger partial charge < -0.3 is 9.47 Å². The van der Waals surface area contributed by atoms with E-state index in [0.29, 0.717) is 5.92 Å². The van der Waals surface area contributed by atoms with Crippen LogP contribution in [0, 0.1) is 11.8 Å².